The fraction of sp³-hybridized carbons (Fsp3) is 0.462. The lowest BCUT2D eigenvalue weighted by Crippen LogP contribution is -2.31. The minimum atomic E-state index is -0.462. The Labute approximate surface area is 121 Å². The number of halogens is 2. The summed E-state index contributed by atoms with van der Waals surface area (Å²) < 4.78 is 5.89. The van der Waals surface area contributed by atoms with Crippen molar-refractivity contribution in [1.29, 1.82) is 0 Å². The second-order valence-corrected chi connectivity index (χ2v) is 5.10. The van der Waals surface area contributed by atoms with Gasteiger partial charge in [0, 0.05) is 9.50 Å². The maximum atomic E-state index is 11.9. The molecule has 0 bridgehead atoms. The van der Waals surface area contributed by atoms with Crippen molar-refractivity contribution < 1.29 is 9.53 Å². The van der Waals surface area contributed by atoms with E-state index >= 15 is 0 Å². The molecule has 0 fully saturated rings. The van der Waals surface area contributed by atoms with Gasteiger partial charge >= 0.3 is 5.97 Å². The lowest BCUT2D eigenvalue weighted by molar-refractivity contribution is -0.145. The molecule has 3 nitrogen and oxygen atoms in total. The van der Waals surface area contributed by atoms with Gasteiger partial charge in [0.2, 0.25) is 0 Å². The molecule has 1 unspecified atom stereocenters. The summed E-state index contributed by atoms with van der Waals surface area (Å²) in [5, 5.41) is 3.81. The standard InChI is InChI=1S/C13H17BrClNO2/c1-3-7-16-12(13(17)18-4-2)10-6-5-9(15)8-11(10)14/h5-6,8,12,16H,3-4,7H2,1-2H3. The van der Waals surface area contributed by atoms with Crippen LogP contribution in [0.5, 0.6) is 0 Å². The maximum Gasteiger partial charge on any atom is 0.327 e. The largest absolute Gasteiger partial charge is 0.465 e. The van der Waals surface area contributed by atoms with E-state index in [4.69, 9.17) is 16.3 Å². The number of benzene rings is 1. The van der Waals surface area contributed by atoms with Crippen LogP contribution in [0.3, 0.4) is 0 Å². The van der Waals surface area contributed by atoms with Crippen LogP contribution in [0.1, 0.15) is 31.9 Å². The van der Waals surface area contributed by atoms with Crippen molar-refractivity contribution in [3.8, 4) is 0 Å². The molecule has 0 saturated carbocycles. The van der Waals surface area contributed by atoms with Crippen LogP contribution in [0.15, 0.2) is 22.7 Å². The van der Waals surface area contributed by atoms with Crippen molar-refractivity contribution in [2.75, 3.05) is 13.2 Å². The van der Waals surface area contributed by atoms with E-state index in [1.807, 2.05) is 13.0 Å². The van der Waals surface area contributed by atoms with E-state index in [1.165, 1.54) is 0 Å². The predicted molar refractivity (Wildman–Crippen MR) is 76.8 cm³/mol. The second kappa shape index (κ2) is 7.77. The van der Waals surface area contributed by atoms with E-state index in [1.54, 1.807) is 19.1 Å². The van der Waals surface area contributed by atoms with Crippen LogP contribution in [0.4, 0.5) is 0 Å². The Kier molecular flexibility index (Phi) is 6.68. The summed E-state index contributed by atoms with van der Waals surface area (Å²) in [6, 6.07) is 4.91. The zero-order valence-electron chi connectivity index (χ0n) is 10.5. The number of esters is 1. The molecule has 1 aromatic rings. The predicted octanol–water partition coefficient (Wildman–Crippen LogP) is 3.71. The van der Waals surface area contributed by atoms with Crippen molar-refractivity contribution in [1.82, 2.24) is 5.32 Å². The molecule has 0 radical (unpaired) electrons. The highest BCUT2D eigenvalue weighted by Gasteiger charge is 2.23. The Balaban J connectivity index is 2.97. The average molecular weight is 335 g/mol. The third kappa shape index (κ3) is 4.26. The molecule has 1 rings (SSSR count). The molecule has 0 spiro atoms. The number of carbonyl (C=O) groups is 1. The van der Waals surface area contributed by atoms with Crippen molar-refractivity contribution in [3.63, 3.8) is 0 Å². The van der Waals surface area contributed by atoms with Gasteiger partial charge in [-0.25, -0.2) is 4.79 Å². The summed E-state index contributed by atoms with van der Waals surface area (Å²) in [5.41, 5.74) is 0.839. The molecule has 18 heavy (non-hydrogen) atoms. The molecular formula is C13H17BrClNO2. The van der Waals surface area contributed by atoms with E-state index < -0.39 is 6.04 Å². The van der Waals surface area contributed by atoms with Gasteiger partial charge in [-0.3, -0.25) is 0 Å². The minimum absolute atomic E-state index is 0.269. The Morgan fingerprint density at radius 2 is 2.22 bits per heavy atom. The Morgan fingerprint density at radius 3 is 2.78 bits per heavy atom. The van der Waals surface area contributed by atoms with E-state index in [9.17, 15) is 4.79 Å². The van der Waals surface area contributed by atoms with Crippen LogP contribution < -0.4 is 5.32 Å². The smallest absolute Gasteiger partial charge is 0.327 e. The zero-order valence-corrected chi connectivity index (χ0v) is 12.8. The minimum Gasteiger partial charge on any atom is -0.465 e. The van der Waals surface area contributed by atoms with Crippen LogP contribution >= 0.6 is 27.5 Å². The third-order valence-corrected chi connectivity index (χ3v) is 3.32. The van der Waals surface area contributed by atoms with Crippen molar-refractivity contribution in [2.24, 2.45) is 0 Å². The zero-order chi connectivity index (χ0) is 13.5. The fourth-order valence-corrected chi connectivity index (χ4v) is 2.48. The van der Waals surface area contributed by atoms with Crippen LogP contribution in [0.25, 0.3) is 0 Å². The first-order chi connectivity index (χ1) is 8.60. The summed E-state index contributed by atoms with van der Waals surface area (Å²) in [5.74, 6) is -0.269. The quantitative estimate of drug-likeness (QED) is 0.806. The number of carbonyl (C=O) groups excluding carboxylic acids is 1. The normalized spacial score (nSPS) is 12.2. The number of nitrogens with one attached hydrogen (secondary N) is 1. The molecule has 0 amide bonds. The topological polar surface area (TPSA) is 38.3 Å². The lowest BCUT2D eigenvalue weighted by Gasteiger charge is -2.18. The lowest BCUT2D eigenvalue weighted by atomic mass is 10.1. The van der Waals surface area contributed by atoms with Crippen LogP contribution in [-0.2, 0) is 9.53 Å². The molecule has 0 aromatic heterocycles. The molecule has 0 saturated heterocycles. The summed E-state index contributed by atoms with van der Waals surface area (Å²) in [6.07, 6.45) is 0.946. The van der Waals surface area contributed by atoms with Gasteiger partial charge in [-0.05, 0) is 37.6 Å². The van der Waals surface area contributed by atoms with Gasteiger partial charge in [0.1, 0.15) is 6.04 Å². The van der Waals surface area contributed by atoms with Gasteiger partial charge in [0.25, 0.3) is 0 Å². The number of rotatable bonds is 6. The Hall–Kier alpha value is -0.580. The summed E-state index contributed by atoms with van der Waals surface area (Å²) >= 11 is 9.33. The van der Waals surface area contributed by atoms with E-state index in [-0.39, 0.29) is 5.97 Å². The Bertz CT molecular complexity index is 412. The molecule has 0 aliphatic carbocycles. The van der Waals surface area contributed by atoms with Gasteiger partial charge in [-0.2, -0.15) is 0 Å². The Morgan fingerprint density at radius 1 is 1.50 bits per heavy atom. The van der Waals surface area contributed by atoms with Crippen molar-refractivity contribution >= 4 is 33.5 Å². The summed E-state index contributed by atoms with van der Waals surface area (Å²) in [6.45, 7) is 4.96. The average Bonchev–Trinajstić information content (AvgIpc) is 2.32. The molecule has 1 aromatic carbocycles. The highest BCUT2D eigenvalue weighted by Crippen LogP contribution is 2.27. The number of hydrogen-bond acceptors (Lipinski definition) is 3. The monoisotopic (exact) mass is 333 g/mol. The summed E-state index contributed by atoms with van der Waals surface area (Å²) in [4.78, 5) is 11.9. The van der Waals surface area contributed by atoms with Crippen molar-refractivity contribution in [2.45, 2.75) is 26.3 Å². The number of ether oxygens (including phenoxy) is 1. The van der Waals surface area contributed by atoms with E-state index in [0.717, 1.165) is 23.0 Å². The molecule has 0 aliphatic rings. The van der Waals surface area contributed by atoms with Crippen LogP contribution in [-0.4, -0.2) is 19.1 Å². The van der Waals surface area contributed by atoms with Gasteiger partial charge in [0.15, 0.2) is 0 Å². The first-order valence-electron chi connectivity index (χ1n) is 5.95. The maximum absolute atomic E-state index is 11.9. The molecule has 1 atom stereocenters. The molecule has 100 valence electrons. The van der Waals surface area contributed by atoms with Gasteiger partial charge in [-0.15, -0.1) is 0 Å². The van der Waals surface area contributed by atoms with E-state index in [2.05, 4.69) is 21.2 Å². The first-order valence-corrected chi connectivity index (χ1v) is 7.12. The molecule has 5 heteroatoms. The third-order valence-electron chi connectivity index (χ3n) is 2.39. The molecule has 0 heterocycles. The highest BCUT2D eigenvalue weighted by molar-refractivity contribution is 9.10. The van der Waals surface area contributed by atoms with E-state index in [0.29, 0.717) is 11.6 Å². The summed E-state index contributed by atoms with van der Waals surface area (Å²) in [7, 11) is 0. The first kappa shape index (κ1) is 15.5. The SMILES string of the molecule is CCCNC(C(=O)OCC)c1ccc(Cl)cc1Br. The van der Waals surface area contributed by atoms with Gasteiger partial charge < -0.3 is 10.1 Å². The van der Waals surface area contributed by atoms with Gasteiger partial charge in [0.05, 0.1) is 6.61 Å². The van der Waals surface area contributed by atoms with Crippen LogP contribution in [0, 0.1) is 0 Å². The molecule has 0 aliphatic heterocycles. The number of hydrogen-bond donors (Lipinski definition) is 1. The van der Waals surface area contributed by atoms with Gasteiger partial charge in [-0.1, -0.05) is 40.5 Å². The second-order valence-electron chi connectivity index (χ2n) is 3.81. The highest BCUT2D eigenvalue weighted by atomic mass is 79.9. The molecule has 1 N–H and O–H groups in total. The van der Waals surface area contributed by atoms with Crippen LogP contribution in [0.2, 0.25) is 5.02 Å². The van der Waals surface area contributed by atoms with Crippen molar-refractivity contribution in [3.05, 3.63) is 33.3 Å². The fourth-order valence-electron chi connectivity index (χ4n) is 1.57. The molecular weight excluding hydrogens is 318 g/mol.